The Balaban J connectivity index is 1.44. The first-order valence-corrected chi connectivity index (χ1v) is 13.4. The zero-order valence-electron chi connectivity index (χ0n) is 21.9. The molecule has 0 bridgehead atoms. The van der Waals surface area contributed by atoms with Crippen molar-refractivity contribution in [3.05, 3.63) is 29.8 Å². The molecule has 1 aromatic carbocycles. The van der Waals surface area contributed by atoms with Crippen LogP contribution < -0.4 is 10.2 Å². The lowest BCUT2D eigenvalue weighted by atomic mass is 9.96. The summed E-state index contributed by atoms with van der Waals surface area (Å²) in [6, 6.07) is 5.36. The van der Waals surface area contributed by atoms with E-state index in [1.54, 1.807) is 12.1 Å². The van der Waals surface area contributed by atoms with Crippen molar-refractivity contribution in [2.45, 2.75) is 58.2 Å². The maximum absolute atomic E-state index is 13.6. The highest BCUT2D eigenvalue weighted by Crippen LogP contribution is 2.36. The van der Waals surface area contributed by atoms with Gasteiger partial charge in [-0.2, -0.15) is 0 Å². The van der Waals surface area contributed by atoms with Gasteiger partial charge in [-0.25, -0.2) is 8.78 Å². The lowest BCUT2D eigenvalue weighted by Gasteiger charge is -2.36. The molecule has 0 radical (unpaired) electrons. The molecule has 3 aliphatic heterocycles. The van der Waals surface area contributed by atoms with E-state index < -0.39 is 42.3 Å². The number of ketones is 1. The first kappa shape index (κ1) is 27.4. The fourth-order valence-electron chi connectivity index (χ4n) is 5.60. The summed E-state index contributed by atoms with van der Waals surface area (Å²) >= 11 is 0. The number of likely N-dealkylation sites (tertiary alicyclic amines) is 1. The number of carbonyl (C=O) groups excluding carboxylic acids is 3. The Hall–Kier alpha value is -2.59. The number of hydrogen-bond acceptors (Lipinski definition) is 6. The number of benzene rings is 1. The second kappa shape index (κ2) is 11.9. The van der Waals surface area contributed by atoms with E-state index in [9.17, 15) is 23.2 Å². The minimum atomic E-state index is -2.71. The van der Waals surface area contributed by atoms with E-state index in [4.69, 9.17) is 4.74 Å². The topological polar surface area (TPSA) is 82.2 Å². The van der Waals surface area contributed by atoms with Crippen molar-refractivity contribution < 1.29 is 27.9 Å². The molecule has 8 nitrogen and oxygen atoms in total. The summed E-state index contributed by atoms with van der Waals surface area (Å²) in [4.78, 5) is 45.0. The summed E-state index contributed by atoms with van der Waals surface area (Å²) in [7, 11) is 0. The van der Waals surface area contributed by atoms with Crippen LogP contribution in [0.2, 0.25) is 0 Å². The quantitative estimate of drug-likeness (QED) is 0.539. The van der Waals surface area contributed by atoms with Crippen molar-refractivity contribution in [3.63, 3.8) is 0 Å². The molecule has 3 saturated heterocycles. The van der Waals surface area contributed by atoms with Gasteiger partial charge >= 0.3 is 0 Å². The number of piperazine rings is 1. The standard InChI is InChI=1S/C27H38F2N4O4/c1-4-10-31-11-13-32(14-12-31)19-8-6-18(7-9-19)26(35)30-22(17(3)5-2)27(36)33-15-20(25(28)29)24-23(33)21(34)16-37-24/h6-9,17,20,22-25H,4-5,10-16H2,1-3H3,(H,30,35)/t17-,20+,22-,23+,24+/m0/s1. The average molecular weight is 521 g/mol. The molecule has 0 aromatic heterocycles. The van der Waals surface area contributed by atoms with Crippen LogP contribution in [0.4, 0.5) is 14.5 Å². The van der Waals surface area contributed by atoms with Gasteiger partial charge in [0, 0.05) is 44.0 Å². The smallest absolute Gasteiger partial charge is 0.251 e. The van der Waals surface area contributed by atoms with Crippen molar-refractivity contribution in [3.8, 4) is 0 Å². The van der Waals surface area contributed by atoms with Gasteiger partial charge in [0.1, 0.15) is 18.7 Å². The number of nitrogens with one attached hydrogen (secondary N) is 1. The summed E-state index contributed by atoms with van der Waals surface area (Å²) in [5, 5.41) is 2.83. The lowest BCUT2D eigenvalue weighted by Crippen LogP contribution is -2.54. The number of Topliss-reactive ketones (excluding diaryl/α,β-unsaturated/α-hetero) is 1. The maximum atomic E-state index is 13.6. The maximum Gasteiger partial charge on any atom is 0.251 e. The molecule has 0 spiro atoms. The van der Waals surface area contributed by atoms with Crippen molar-refractivity contribution in [2.24, 2.45) is 11.8 Å². The molecule has 4 rings (SSSR count). The van der Waals surface area contributed by atoms with E-state index >= 15 is 0 Å². The Morgan fingerprint density at radius 3 is 2.38 bits per heavy atom. The van der Waals surface area contributed by atoms with E-state index in [2.05, 4.69) is 22.0 Å². The Morgan fingerprint density at radius 1 is 1.11 bits per heavy atom. The van der Waals surface area contributed by atoms with Gasteiger partial charge in [0.25, 0.3) is 5.91 Å². The van der Waals surface area contributed by atoms with Gasteiger partial charge in [0.2, 0.25) is 12.3 Å². The summed E-state index contributed by atoms with van der Waals surface area (Å²) in [6.45, 7) is 10.3. The van der Waals surface area contributed by atoms with Crippen LogP contribution in [-0.4, -0.2) is 97.9 Å². The van der Waals surface area contributed by atoms with Gasteiger partial charge in [-0.15, -0.1) is 0 Å². The number of fused-ring (bicyclic) bond motifs is 1. The molecule has 0 saturated carbocycles. The molecule has 204 valence electrons. The number of rotatable bonds is 9. The van der Waals surface area contributed by atoms with Crippen LogP contribution in [0.3, 0.4) is 0 Å². The van der Waals surface area contributed by atoms with Crippen LogP contribution in [-0.2, 0) is 14.3 Å². The van der Waals surface area contributed by atoms with E-state index in [1.807, 2.05) is 26.0 Å². The van der Waals surface area contributed by atoms with Crippen molar-refractivity contribution in [1.29, 1.82) is 0 Å². The third-order valence-electron chi connectivity index (χ3n) is 8.00. The average Bonchev–Trinajstić information content (AvgIpc) is 3.48. The molecule has 37 heavy (non-hydrogen) atoms. The minimum absolute atomic E-state index is 0.253. The zero-order valence-corrected chi connectivity index (χ0v) is 21.9. The Kier molecular flexibility index (Phi) is 8.79. The third kappa shape index (κ3) is 5.80. The van der Waals surface area contributed by atoms with Crippen molar-refractivity contribution in [1.82, 2.24) is 15.1 Å². The second-order valence-corrected chi connectivity index (χ2v) is 10.4. The summed E-state index contributed by atoms with van der Waals surface area (Å²) in [5.41, 5.74) is 1.46. The predicted octanol–water partition coefficient (Wildman–Crippen LogP) is 2.42. The summed E-state index contributed by atoms with van der Waals surface area (Å²) in [5.74, 6) is -2.77. The molecule has 0 aliphatic carbocycles. The number of anilines is 1. The highest BCUT2D eigenvalue weighted by molar-refractivity contribution is 5.99. The molecule has 5 atom stereocenters. The lowest BCUT2D eigenvalue weighted by molar-refractivity contribution is -0.139. The number of amides is 2. The van der Waals surface area contributed by atoms with Crippen LogP contribution in [0.25, 0.3) is 0 Å². The zero-order chi connectivity index (χ0) is 26.7. The van der Waals surface area contributed by atoms with Gasteiger partial charge < -0.3 is 19.9 Å². The first-order valence-electron chi connectivity index (χ1n) is 13.4. The van der Waals surface area contributed by atoms with Gasteiger partial charge in [-0.1, -0.05) is 27.2 Å². The molecule has 2 amide bonds. The highest BCUT2D eigenvalue weighted by Gasteiger charge is 2.56. The normalized spacial score (nSPS) is 25.9. The number of nitrogens with zero attached hydrogens (tertiary/aromatic N) is 3. The van der Waals surface area contributed by atoms with Gasteiger partial charge in [0.05, 0.1) is 12.0 Å². The largest absolute Gasteiger partial charge is 0.369 e. The fraction of sp³-hybridized carbons (Fsp3) is 0.667. The Labute approximate surface area is 217 Å². The number of halogens is 2. The minimum Gasteiger partial charge on any atom is -0.369 e. The number of hydrogen-bond donors (Lipinski definition) is 1. The summed E-state index contributed by atoms with van der Waals surface area (Å²) in [6.07, 6.45) is -1.98. The monoisotopic (exact) mass is 520 g/mol. The van der Waals surface area contributed by atoms with Crippen LogP contribution in [0.1, 0.15) is 44.0 Å². The number of carbonyl (C=O) groups is 3. The highest BCUT2D eigenvalue weighted by atomic mass is 19.3. The molecule has 3 fully saturated rings. The molecular weight excluding hydrogens is 482 g/mol. The van der Waals surface area contributed by atoms with E-state index in [1.165, 1.54) is 4.90 Å². The molecule has 3 heterocycles. The van der Waals surface area contributed by atoms with E-state index in [0.29, 0.717) is 12.0 Å². The fourth-order valence-corrected chi connectivity index (χ4v) is 5.60. The van der Waals surface area contributed by atoms with Gasteiger partial charge in [0.15, 0.2) is 5.78 Å². The van der Waals surface area contributed by atoms with Crippen molar-refractivity contribution >= 4 is 23.3 Å². The van der Waals surface area contributed by atoms with Crippen molar-refractivity contribution in [2.75, 3.05) is 50.8 Å². The SMILES string of the molecule is CCCN1CCN(c2ccc(C(=O)N[C@H](C(=O)N3C[C@@H](C(F)F)[C@H]4OCC(=O)[C@H]43)[C@@H](C)CC)cc2)CC1. The van der Waals surface area contributed by atoms with E-state index in [-0.39, 0.29) is 24.9 Å². The summed E-state index contributed by atoms with van der Waals surface area (Å²) < 4.78 is 32.6. The Morgan fingerprint density at radius 2 is 1.78 bits per heavy atom. The van der Waals surface area contributed by atoms with Gasteiger partial charge in [-0.05, 0) is 43.1 Å². The number of ether oxygens (including phenoxy) is 1. The number of alkyl halides is 2. The second-order valence-electron chi connectivity index (χ2n) is 10.4. The van der Waals surface area contributed by atoms with Crippen LogP contribution in [0, 0.1) is 11.8 Å². The first-order chi connectivity index (χ1) is 17.7. The Bertz CT molecular complexity index is 968. The molecule has 10 heteroatoms. The van der Waals surface area contributed by atoms with Gasteiger partial charge in [-0.3, -0.25) is 19.3 Å². The molecule has 1 N–H and O–H groups in total. The molecular formula is C27H38F2N4O4. The van der Waals surface area contributed by atoms with Crippen LogP contribution in [0.5, 0.6) is 0 Å². The molecule has 3 aliphatic rings. The van der Waals surface area contributed by atoms with E-state index in [0.717, 1.165) is 44.8 Å². The van der Waals surface area contributed by atoms with Crippen LogP contribution in [0.15, 0.2) is 24.3 Å². The molecule has 1 aromatic rings. The predicted molar refractivity (Wildman–Crippen MR) is 136 cm³/mol. The third-order valence-corrected chi connectivity index (χ3v) is 8.00. The van der Waals surface area contributed by atoms with Crippen LogP contribution >= 0.6 is 0 Å². The molecule has 0 unspecified atom stereocenters.